The van der Waals surface area contributed by atoms with Crippen LogP contribution < -0.4 is 10.6 Å². The van der Waals surface area contributed by atoms with E-state index in [1.807, 2.05) is 0 Å². The highest BCUT2D eigenvalue weighted by Gasteiger charge is 2.36. The molecule has 2 aromatic heterocycles. The summed E-state index contributed by atoms with van der Waals surface area (Å²) in [6.45, 7) is 1.61. The van der Waals surface area contributed by atoms with Gasteiger partial charge in [0.2, 0.25) is 5.95 Å². The molecule has 1 aliphatic heterocycles. The van der Waals surface area contributed by atoms with Crippen LogP contribution in [0.3, 0.4) is 0 Å². The molecule has 0 amide bonds. The van der Waals surface area contributed by atoms with Crippen LogP contribution in [0.15, 0.2) is 30.6 Å². The fourth-order valence-corrected chi connectivity index (χ4v) is 3.76. The van der Waals surface area contributed by atoms with Gasteiger partial charge in [0.05, 0.1) is 18.4 Å². The number of aromatic amines is 1. The summed E-state index contributed by atoms with van der Waals surface area (Å²) in [7, 11) is 1.27. The number of carbonyl (C=O) groups excluding carboxylic acids is 1. The molecule has 164 valence electrons. The number of ether oxygens (including phenoxy) is 1. The molecule has 4 rings (SSSR count). The molecular formula is C21H22F3N5O2. The highest BCUT2D eigenvalue weighted by molar-refractivity contribution is 6.00. The van der Waals surface area contributed by atoms with Crippen molar-refractivity contribution < 1.29 is 22.7 Å². The Balaban J connectivity index is 1.75. The van der Waals surface area contributed by atoms with E-state index in [1.165, 1.54) is 25.4 Å². The van der Waals surface area contributed by atoms with Crippen LogP contribution in [0, 0.1) is 0 Å². The lowest BCUT2D eigenvalue weighted by atomic mass is 10.0. The smallest absolute Gasteiger partial charge is 0.419 e. The number of rotatable bonds is 4. The number of anilines is 1. The third-order valence-corrected chi connectivity index (χ3v) is 5.33. The van der Waals surface area contributed by atoms with Gasteiger partial charge in [0, 0.05) is 41.4 Å². The van der Waals surface area contributed by atoms with E-state index in [0.717, 1.165) is 32.0 Å². The van der Waals surface area contributed by atoms with Crippen molar-refractivity contribution in [2.75, 3.05) is 25.5 Å². The van der Waals surface area contributed by atoms with Gasteiger partial charge in [-0.3, -0.25) is 0 Å². The van der Waals surface area contributed by atoms with Gasteiger partial charge in [-0.05, 0) is 31.5 Å². The van der Waals surface area contributed by atoms with Gasteiger partial charge in [-0.15, -0.1) is 0 Å². The predicted octanol–water partition coefficient (Wildman–Crippen LogP) is 3.98. The van der Waals surface area contributed by atoms with E-state index < -0.39 is 17.7 Å². The molecule has 0 saturated carbocycles. The van der Waals surface area contributed by atoms with Crippen LogP contribution in [-0.4, -0.2) is 47.2 Å². The number of esters is 1. The summed E-state index contributed by atoms with van der Waals surface area (Å²) in [5.74, 6) is -0.378. The zero-order valence-electron chi connectivity index (χ0n) is 16.8. The molecule has 3 aromatic rings. The summed E-state index contributed by atoms with van der Waals surface area (Å²) >= 11 is 0. The summed E-state index contributed by atoms with van der Waals surface area (Å²) in [4.78, 5) is 22.9. The quantitative estimate of drug-likeness (QED) is 0.539. The average Bonchev–Trinajstić information content (AvgIpc) is 3.00. The van der Waals surface area contributed by atoms with Crippen molar-refractivity contribution in [3.63, 3.8) is 0 Å². The van der Waals surface area contributed by atoms with Gasteiger partial charge in [0.15, 0.2) is 0 Å². The summed E-state index contributed by atoms with van der Waals surface area (Å²) in [5.41, 5.74) is -0.0562. The number of halogens is 3. The maximum absolute atomic E-state index is 13.7. The molecular weight excluding hydrogens is 411 g/mol. The van der Waals surface area contributed by atoms with Gasteiger partial charge in [-0.1, -0.05) is 12.5 Å². The van der Waals surface area contributed by atoms with E-state index in [9.17, 15) is 18.0 Å². The van der Waals surface area contributed by atoms with E-state index in [4.69, 9.17) is 4.74 Å². The van der Waals surface area contributed by atoms with Crippen LogP contribution in [0.4, 0.5) is 19.1 Å². The molecule has 0 aliphatic carbocycles. The van der Waals surface area contributed by atoms with Crippen LogP contribution >= 0.6 is 0 Å². The number of benzene rings is 1. The van der Waals surface area contributed by atoms with Crippen molar-refractivity contribution in [1.82, 2.24) is 20.3 Å². The van der Waals surface area contributed by atoms with E-state index in [1.54, 1.807) is 6.07 Å². The van der Waals surface area contributed by atoms with Gasteiger partial charge in [0.25, 0.3) is 0 Å². The summed E-state index contributed by atoms with van der Waals surface area (Å²) in [6.07, 6.45) is 0.615. The van der Waals surface area contributed by atoms with Crippen molar-refractivity contribution in [1.29, 1.82) is 0 Å². The first-order chi connectivity index (χ1) is 14.9. The number of hydrogen-bond donors (Lipinski definition) is 3. The molecule has 0 radical (unpaired) electrons. The zero-order valence-corrected chi connectivity index (χ0v) is 16.8. The molecule has 0 spiro atoms. The first-order valence-corrected chi connectivity index (χ1v) is 9.98. The normalized spacial score (nSPS) is 17.4. The van der Waals surface area contributed by atoms with Crippen LogP contribution in [0.25, 0.3) is 22.2 Å². The lowest BCUT2D eigenvalue weighted by Crippen LogP contribution is -2.31. The van der Waals surface area contributed by atoms with Crippen molar-refractivity contribution in [3.8, 4) is 11.3 Å². The lowest BCUT2D eigenvalue weighted by molar-refractivity contribution is -0.137. The summed E-state index contributed by atoms with van der Waals surface area (Å²) in [5, 5.41) is 6.97. The van der Waals surface area contributed by atoms with Crippen molar-refractivity contribution >= 4 is 22.8 Å². The Hall–Kier alpha value is -3.14. The zero-order chi connectivity index (χ0) is 22.0. The van der Waals surface area contributed by atoms with Gasteiger partial charge >= 0.3 is 12.1 Å². The fourth-order valence-electron chi connectivity index (χ4n) is 3.76. The Labute approximate surface area is 176 Å². The van der Waals surface area contributed by atoms with Gasteiger partial charge in [-0.2, -0.15) is 13.2 Å². The number of methoxy groups -OCH3 is 1. The molecule has 1 saturated heterocycles. The predicted molar refractivity (Wildman–Crippen MR) is 110 cm³/mol. The number of nitrogens with one attached hydrogen (secondary N) is 3. The number of alkyl halides is 3. The monoisotopic (exact) mass is 433 g/mol. The third-order valence-electron chi connectivity index (χ3n) is 5.33. The molecule has 1 aliphatic rings. The van der Waals surface area contributed by atoms with E-state index in [2.05, 4.69) is 25.6 Å². The standard InChI is InChI=1S/C21H22F3N5O2/c1-31-19(30)12-5-6-14-15(10-26-17(14)8-12)18-16(21(22,23)24)11-27-20(29-18)28-13-4-2-3-7-25-9-13/h5-6,8,10-11,13,25-26H,2-4,7,9H2,1H3,(H,27,28,29)/t13-/m0/s1. The first kappa shape index (κ1) is 21.1. The highest BCUT2D eigenvalue weighted by atomic mass is 19.4. The fraction of sp³-hybridized carbons (Fsp3) is 0.381. The average molecular weight is 433 g/mol. The Morgan fingerprint density at radius 2 is 2.13 bits per heavy atom. The second-order valence-electron chi connectivity index (χ2n) is 7.45. The minimum absolute atomic E-state index is 0.0395. The molecule has 1 aromatic carbocycles. The number of H-pyrrole nitrogens is 1. The van der Waals surface area contributed by atoms with Crippen LogP contribution in [-0.2, 0) is 10.9 Å². The topological polar surface area (TPSA) is 91.9 Å². The summed E-state index contributed by atoms with van der Waals surface area (Å²) < 4.78 is 45.9. The van der Waals surface area contributed by atoms with Crippen molar-refractivity contribution in [2.24, 2.45) is 0 Å². The van der Waals surface area contributed by atoms with Crippen molar-refractivity contribution in [3.05, 3.63) is 41.7 Å². The van der Waals surface area contributed by atoms with Crippen LogP contribution in [0.1, 0.15) is 35.2 Å². The van der Waals surface area contributed by atoms with E-state index in [0.29, 0.717) is 23.0 Å². The molecule has 1 fully saturated rings. The first-order valence-electron chi connectivity index (χ1n) is 9.98. The Kier molecular flexibility index (Phi) is 5.81. The van der Waals surface area contributed by atoms with Gasteiger partial charge < -0.3 is 20.4 Å². The molecule has 3 heterocycles. The Morgan fingerprint density at radius 1 is 1.29 bits per heavy atom. The third kappa shape index (κ3) is 4.48. The number of hydrogen-bond acceptors (Lipinski definition) is 6. The van der Waals surface area contributed by atoms with Gasteiger partial charge in [-0.25, -0.2) is 14.8 Å². The molecule has 0 bridgehead atoms. The van der Waals surface area contributed by atoms with Crippen LogP contribution in [0.5, 0.6) is 0 Å². The molecule has 3 N–H and O–H groups in total. The maximum atomic E-state index is 13.7. The molecule has 31 heavy (non-hydrogen) atoms. The van der Waals surface area contributed by atoms with E-state index >= 15 is 0 Å². The Morgan fingerprint density at radius 3 is 2.90 bits per heavy atom. The number of aromatic nitrogens is 3. The Bertz CT molecular complexity index is 1090. The van der Waals surface area contributed by atoms with Crippen molar-refractivity contribution in [2.45, 2.75) is 31.5 Å². The second kappa shape index (κ2) is 8.54. The number of carbonyl (C=O) groups is 1. The maximum Gasteiger partial charge on any atom is 0.419 e. The summed E-state index contributed by atoms with van der Waals surface area (Å²) in [6, 6.07) is 4.67. The second-order valence-corrected chi connectivity index (χ2v) is 7.45. The van der Waals surface area contributed by atoms with E-state index in [-0.39, 0.29) is 23.2 Å². The molecule has 1 atom stereocenters. The SMILES string of the molecule is COC(=O)c1ccc2c(-c3nc(N[C@H]4CCCCNC4)ncc3C(F)(F)F)c[nH]c2c1. The number of nitrogens with zero attached hydrogens (tertiary/aromatic N) is 2. The number of fused-ring (bicyclic) bond motifs is 1. The highest BCUT2D eigenvalue weighted by Crippen LogP contribution is 2.38. The van der Waals surface area contributed by atoms with Crippen LogP contribution in [0.2, 0.25) is 0 Å². The molecule has 7 nitrogen and oxygen atoms in total. The minimum atomic E-state index is -4.62. The minimum Gasteiger partial charge on any atom is -0.465 e. The lowest BCUT2D eigenvalue weighted by Gasteiger charge is -2.18. The van der Waals surface area contributed by atoms with Gasteiger partial charge in [0.1, 0.15) is 5.56 Å². The molecule has 10 heteroatoms. The molecule has 0 unspecified atom stereocenters. The largest absolute Gasteiger partial charge is 0.465 e.